The number of amides is 1. The number of halogens is 2. The minimum atomic E-state index is -3.01. The number of methoxy groups -OCH3 is 1. The highest BCUT2D eigenvalue weighted by Crippen LogP contribution is 2.28. The Hall–Kier alpha value is -3.82. The van der Waals surface area contributed by atoms with Crippen molar-refractivity contribution in [2.75, 3.05) is 7.11 Å². The largest absolute Gasteiger partial charge is 0.493 e. The van der Waals surface area contributed by atoms with Gasteiger partial charge in [0, 0.05) is 11.9 Å². The van der Waals surface area contributed by atoms with E-state index < -0.39 is 12.5 Å². The summed E-state index contributed by atoms with van der Waals surface area (Å²) in [6.45, 7) is -0.975. The number of nitrogens with one attached hydrogen (secondary N) is 1. The van der Waals surface area contributed by atoms with Crippen molar-refractivity contribution in [3.05, 3.63) is 64.1 Å². The molecule has 0 atom stereocenters. The second-order valence-corrected chi connectivity index (χ2v) is 6.00. The first-order valence-electron chi connectivity index (χ1n) is 8.90. The molecule has 0 saturated carbocycles. The summed E-state index contributed by atoms with van der Waals surface area (Å²) < 4.78 is 35.6. The Morgan fingerprint density at radius 1 is 1.23 bits per heavy atom. The Bertz CT molecular complexity index is 1160. The van der Waals surface area contributed by atoms with Crippen LogP contribution < -0.4 is 20.5 Å². The van der Waals surface area contributed by atoms with Gasteiger partial charge in [0.2, 0.25) is 0 Å². The zero-order chi connectivity index (χ0) is 21.7. The lowest BCUT2D eigenvalue weighted by Gasteiger charge is -2.10. The highest BCUT2D eigenvalue weighted by atomic mass is 19.3. The van der Waals surface area contributed by atoms with Crippen LogP contribution in [0.25, 0.3) is 10.8 Å². The number of benzene rings is 2. The van der Waals surface area contributed by atoms with Gasteiger partial charge < -0.3 is 9.47 Å². The van der Waals surface area contributed by atoms with Crippen molar-refractivity contribution in [2.45, 2.75) is 20.1 Å². The van der Waals surface area contributed by atoms with Gasteiger partial charge in [-0.2, -0.15) is 19.0 Å². The highest BCUT2D eigenvalue weighted by molar-refractivity contribution is 6.04. The summed E-state index contributed by atoms with van der Waals surface area (Å²) in [5.41, 5.74) is 2.47. The number of ether oxygens (including phenoxy) is 2. The van der Waals surface area contributed by atoms with Crippen LogP contribution >= 0.6 is 0 Å². The molecular weight excluding hydrogens is 398 g/mol. The summed E-state index contributed by atoms with van der Waals surface area (Å²) in [6, 6.07) is 10.9. The lowest BCUT2D eigenvalue weighted by molar-refractivity contribution is -0.0512. The van der Waals surface area contributed by atoms with Gasteiger partial charge in [0.1, 0.15) is 0 Å². The maximum Gasteiger partial charge on any atom is 0.387 e. The quantitative estimate of drug-likeness (QED) is 0.472. The number of hydrogen-bond donors (Lipinski definition) is 1. The number of aryl methyl sites for hydroxylation is 1. The SMILES string of the molecule is CCn1nc(C(=O)N/N=C\c2ccc(OC)c(OC(F)F)c2)c2ccccc2c1=O. The molecule has 0 aliphatic rings. The fourth-order valence-corrected chi connectivity index (χ4v) is 2.80. The average Bonchev–Trinajstić information content (AvgIpc) is 2.74. The van der Waals surface area contributed by atoms with Crippen LogP contribution in [0.2, 0.25) is 0 Å². The van der Waals surface area contributed by atoms with Gasteiger partial charge in [-0.1, -0.05) is 18.2 Å². The predicted octanol–water partition coefficient (Wildman–Crippen LogP) is 2.79. The second-order valence-electron chi connectivity index (χ2n) is 6.00. The number of aromatic nitrogens is 2. The molecule has 2 aromatic carbocycles. The molecule has 1 N–H and O–H groups in total. The summed E-state index contributed by atoms with van der Waals surface area (Å²) in [4.78, 5) is 25.0. The van der Waals surface area contributed by atoms with Crippen LogP contribution in [0.3, 0.4) is 0 Å². The molecular formula is C20H18F2N4O4. The summed E-state index contributed by atoms with van der Waals surface area (Å²) >= 11 is 0. The van der Waals surface area contributed by atoms with Crippen molar-refractivity contribution in [3.63, 3.8) is 0 Å². The molecule has 30 heavy (non-hydrogen) atoms. The Labute approximate surface area is 169 Å². The maximum atomic E-state index is 12.6. The number of rotatable bonds is 7. The van der Waals surface area contributed by atoms with Gasteiger partial charge in [0.15, 0.2) is 17.2 Å². The van der Waals surface area contributed by atoms with Gasteiger partial charge in [0.05, 0.1) is 18.7 Å². The van der Waals surface area contributed by atoms with Gasteiger partial charge in [-0.15, -0.1) is 0 Å². The first-order chi connectivity index (χ1) is 14.4. The fraction of sp³-hybridized carbons (Fsp3) is 0.200. The standard InChI is InChI=1S/C20H18F2N4O4/c1-3-26-19(28)14-7-5-4-6-13(14)17(25-26)18(27)24-23-11-12-8-9-15(29-2)16(10-12)30-20(21)22/h4-11,20H,3H2,1-2H3,(H,24,27)/b23-11-. The third-order valence-corrected chi connectivity index (χ3v) is 4.17. The molecule has 1 heterocycles. The van der Waals surface area contributed by atoms with E-state index in [9.17, 15) is 18.4 Å². The first-order valence-corrected chi connectivity index (χ1v) is 8.90. The normalized spacial score (nSPS) is 11.2. The van der Waals surface area contributed by atoms with E-state index in [0.29, 0.717) is 22.9 Å². The summed E-state index contributed by atoms with van der Waals surface area (Å²) in [7, 11) is 1.33. The second kappa shape index (κ2) is 9.12. The number of carbonyl (C=O) groups excluding carboxylic acids is 1. The smallest absolute Gasteiger partial charge is 0.387 e. The van der Waals surface area contributed by atoms with Crippen LogP contribution in [0, 0.1) is 0 Å². The molecule has 0 unspecified atom stereocenters. The summed E-state index contributed by atoms with van der Waals surface area (Å²) in [5, 5.41) is 8.72. The molecule has 8 nitrogen and oxygen atoms in total. The minimum absolute atomic E-state index is 0.0423. The average molecular weight is 416 g/mol. The van der Waals surface area contributed by atoms with Gasteiger partial charge in [0.25, 0.3) is 11.5 Å². The van der Waals surface area contributed by atoms with E-state index in [1.54, 1.807) is 37.3 Å². The fourth-order valence-electron chi connectivity index (χ4n) is 2.80. The number of hydrogen-bond acceptors (Lipinski definition) is 6. The molecule has 3 aromatic rings. The zero-order valence-corrected chi connectivity index (χ0v) is 16.1. The van der Waals surface area contributed by atoms with Crippen LogP contribution in [-0.2, 0) is 6.54 Å². The van der Waals surface area contributed by atoms with Crippen molar-refractivity contribution >= 4 is 22.9 Å². The van der Waals surface area contributed by atoms with Gasteiger partial charge in [-0.05, 0) is 36.8 Å². The molecule has 3 rings (SSSR count). The van der Waals surface area contributed by atoms with Crippen molar-refractivity contribution in [3.8, 4) is 11.5 Å². The Kier molecular flexibility index (Phi) is 6.35. The number of nitrogens with zero attached hydrogens (tertiary/aromatic N) is 3. The molecule has 1 aromatic heterocycles. The molecule has 0 fully saturated rings. The van der Waals surface area contributed by atoms with Crippen LogP contribution in [0.5, 0.6) is 11.5 Å². The number of alkyl halides is 2. The third kappa shape index (κ3) is 4.43. The van der Waals surface area contributed by atoms with E-state index in [1.165, 1.54) is 30.1 Å². The van der Waals surface area contributed by atoms with Gasteiger partial charge in [-0.3, -0.25) is 9.59 Å². The van der Waals surface area contributed by atoms with E-state index in [4.69, 9.17) is 4.74 Å². The number of hydrazone groups is 1. The van der Waals surface area contributed by atoms with E-state index in [0.717, 1.165) is 0 Å². The summed E-state index contributed by atoms with van der Waals surface area (Å²) in [6.07, 6.45) is 1.26. The monoisotopic (exact) mass is 416 g/mol. The molecule has 0 aliphatic heterocycles. The first kappa shape index (κ1) is 20.9. The molecule has 0 aliphatic carbocycles. The molecule has 0 bridgehead atoms. The van der Waals surface area contributed by atoms with Crippen molar-refractivity contribution in [1.29, 1.82) is 0 Å². The van der Waals surface area contributed by atoms with Crippen molar-refractivity contribution in [2.24, 2.45) is 5.10 Å². The van der Waals surface area contributed by atoms with Crippen LogP contribution in [0.4, 0.5) is 8.78 Å². The predicted molar refractivity (Wildman–Crippen MR) is 106 cm³/mol. The molecule has 0 saturated heterocycles. The highest BCUT2D eigenvalue weighted by Gasteiger charge is 2.16. The topological polar surface area (TPSA) is 94.8 Å². The van der Waals surface area contributed by atoms with E-state index >= 15 is 0 Å². The Morgan fingerprint density at radius 3 is 2.63 bits per heavy atom. The molecule has 0 spiro atoms. The van der Waals surface area contributed by atoms with E-state index in [-0.39, 0.29) is 22.8 Å². The lowest BCUT2D eigenvalue weighted by Crippen LogP contribution is -2.28. The third-order valence-electron chi connectivity index (χ3n) is 4.17. The van der Waals surface area contributed by atoms with Crippen LogP contribution in [-0.4, -0.2) is 35.6 Å². The Balaban J connectivity index is 1.85. The molecule has 0 radical (unpaired) electrons. The molecule has 10 heteroatoms. The lowest BCUT2D eigenvalue weighted by atomic mass is 10.1. The van der Waals surface area contributed by atoms with Crippen molar-refractivity contribution in [1.82, 2.24) is 15.2 Å². The van der Waals surface area contributed by atoms with E-state index in [1.807, 2.05) is 0 Å². The number of fused-ring (bicyclic) bond motifs is 1. The van der Waals surface area contributed by atoms with Crippen LogP contribution in [0.1, 0.15) is 23.0 Å². The van der Waals surface area contributed by atoms with Crippen molar-refractivity contribution < 1.29 is 23.0 Å². The van der Waals surface area contributed by atoms with E-state index in [2.05, 4.69) is 20.4 Å². The minimum Gasteiger partial charge on any atom is -0.493 e. The molecule has 156 valence electrons. The number of carbonyl (C=O) groups is 1. The van der Waals surface area contributed by atoms with Crippen LogP contribution in [0.15, 0.2) is 52.4 Å². The summed E-state index contributed by atoms with van der Waals surface area (Å²) in [5.74, 6) is -0.651. The van der Waals surface area contributed by atoms with Gasteiger partial charge in [-0.25, -0.2) is 10.1 Å². The van der Waals surface area contributed by atoms with Gasteiger partial charge >= 0.3 is 6.61 Å². The maximum absolute atomic E-state index is 12.6. The Morgan fingerprint density at radius 2 is 1.97 bits per heavy atom. The zero-order valence-electron chi connectivity index (χ0n) is 16.1. The molecule has 1 amide bonds.